The number of halogens is 2. The fourth-order valence-electron chi connectivity index (χ4n) is 3.16. The molecule has 0 aliphatic heterocycles. The molecule has 3 N–H and O–H groups in total. The number of hydrogen-bond acceptors (Lipinski definition) is 3. The maximum Gasteiger partial charge on any atom is 0.0847 e. The predicted octanol–water partition coefficient (Wildman–Crippen LogP) is 3.72. The third kappa shape index (κ3) is 3.46. The first-order chi connectivity index (χ1) is 9.61. The molecule has 0 heterocycles. The van der Waals surface area contributed by atoms with Crippen molar-refractivity contribution in [1.82, 2.24) is 5.43 Å². The summed E-state index contributed by atoms with van der Waals surface area (Å²) in [7, 11) is 1.77. The van der Waals surface area contributed by atoms with Crippen LogP contribution in [-0.2, 0) is 11.2 Å². The van der Waals surface area contributed by atoms with E-state index in [1.807, 2.05) is 12.1 Å². The van der Waals surface area contributed by atoms with Crippen LogP contribution in [0.25, 0.3) is 0 Å². The van der Waals surface area contributed by atoms with Crippen LogP contribution >= 0.6 is 23.2 Å². The van der Waals surface area contributed by atoms with Gasteiger partial charge in [0.15, 0.2) is 0 Å². The summed E-state index contributed by atoms with van der Waals surface area (Å²) >= 11 is 12.3. The summed E-state index contributed by atoms with van der Waals surface area (Å²) in [6, 6.07) is 5.56. The minimum atomic E-state index is -0.210. The highest BCUT2D eigenvalue weighted by atomic mass is 35.5. The third-order valence-electron chi connectivity index (χ3n) is 4.37. The van der Waals surface area contributed by atoms with Crippen LogP contribution in [0.2, 0.25) is 10.0 Å². The van der Waals surface area contributed by atoms with Gasteiger partial charge < -0.3 is 4.74 Å². The van der Waals surface area contributed by atoms with Crippen molar-refractivity contribution in [1.29, 1.82) is 0 Å². The second-order valence-electron chi connectivity index (χ2n) is 5.49. The van der Waals surface area contributed by atoms with E-state index >= 15 is 0 Å². The Labute approximate surface area is 130 Å². The largest absolute Gasteiger partial charge is 0.377 e. The van der Waals surface area contributed by atoms with Crippen molar-refractivity contribution in [3.8, 4) is 0 Å². The van der Waals surface area contributed by atoms with Crippen LogP contribution in [-0.4, -0.2) is 18.8 Å². The lowest BCUT2D eigenvalue weighted by molar-refractivity contribution is -0.0673. The number of methoxy groups -OCH3 is 1. The van der Waals surface area contributed by atoms with Crippen LogP contribution in [0.1, 0.15) is 37.7 Å². The fourth-order valence-corrected chi connectivity index (χ4v) is 3.55. The highest BCUT2D eigenvalue weighted by molar-refractivity contribution is 6.33. The van der Waals surface area contributed by atoms with Crippen molar-refractivity contribution in [3.63, 3.8) is 0 Å². The first-order valence-corrected chi connectivity index (χ1v) is 7.82. The maximum atomic E-state index is 6.26. The first-order valence-electron chi connectivity index (χ1n) is 7.06. The zero-order chi connectivity index (χ0) is 14.6. The lowest BCUT2D eigenvalue weighted by atomic mass is 9.77. The number of hydrogen-bond donors (Lipinski definition) is 2. The molecule has 0 amide bonds. The van der Waals surface area contributed by atoms with Crippen molar-refractivity contribution < 1.29 is 4.74 Å². The SMILES string of the molecule is COC1(C(Cc2cc(Cl)ccc2Cl)NN)CCCCC1. The van der Waals surface area contributed by atoms with Gasteiger partial charge >= 0.3 is 0 Å². The Bertz CT molecular complexity index is 447. The molecule has 0 radical (unpaired) electrons. The molecule has 1 aliphatic rings. The van der Waals surface area contributed by atoms with Gasteiger partial charge in [-0.15, -0.1) is 0 Å². The van der Waals surface area contributed by atoms with Crippen molar-refractivity contribution >= 4 is 23.2 Å². The van der Waals surface area contributed by atoms with Crippen molar-refractivity contribution in [3.05, 3.63) is 33.8 Å². The number of nitrogens with one attached hydrogen (secondary N) is 1. The van der Waals surface area contributed by atoms with Gasteiger partial charge in [-0.1, -0.05) is 42.5 Å². The van der Waals surface area contributed by atoms with E-state index in [1.165, 1.54) is 19.3 Å². The fraction of sp³-hybridized carbons (Fsp3) is 0.600. The Morgan fingerprint density at radius 2 is 2.00 bits per heavy atom. The molecule has 20 heavy (non-hydrogen) atoms. The minimum Gasteiger partial charge on any atom is -0.377 e. The number of benzene rings is 1. The van der Waals surface area contributed by atoms with Crippen LogP contribution in [0, 0.1) is 0 Å². The van der Waals surface area contributed by atoms with Crippen LogP contribution in [0.15, 0.2) is 18.2 Å². The molecule has 0 spiro atoms. The van der Waals surface area contributed by atoms with Crippen LogP contribution in [0.5, 0.6) is 0 Å². The molecule has 0 saturated heterocycles. The highest BCUT2D eigenvalue weighted by Crippen LogP contribution is 2.36. The van der Waals surface area contributed by atoms with Crippen molar-refractivity contribution in [2.75, 3.05) is 7.11 Å². The van der Waals surface area contributed by atoms with Gasteiger partial charge in [0.1, 0.15) is 0 Å². The molecule has 1 unspecified atom stereocenters. The number of nitrogens with two attached hydrogens (primary N) is 1. The molecule has 1 fully saturated rings. The molecular formula is C15H22Cl2N2O. The van der Waals surface area contributed by atoms with E-state index in [9.17, 15) is 0 Å². The van der Waals surface area contributed by atoms with E-state index in [2.05, 4.69) is 5.43 Å². The molecule has 0 aromatic heterocycles. The number of hydrazine groups is 1. The lowest BCUT2D eigenvalue weighted by Gasteiger charge is -2.42. The van der Waals surface area contributed by atoms with Gasteiger partial charge in [0.05, 0.1) is 11.6 Å². The van der Waals surface area contributed by atoms with Gasteiger partial charge in [-0.05, 0) is 43.0 Å². The Morgan fingerprint density at radius 1 is 1.30 bits per heavy atom. The van der Waals surface area contributed by atoms with Gasteiger partial charge in [0.25, 0.3) is 0 Å². The molecule has 5 heteroatoms. The summed E-state index contributed by atoms with van der Waals surface area (Å²) in [5, 5.41) is 1.41. The van der Waals surface area contributed by atoms with Gasteiger partial charge in [0, 0.05) is 17.2 Å². The molecule has 2 rings (SSSR count). The lowest BCUT2D eigenvalue weighted by Crippen LogP contribution is -2.56. The van der Waals surface area contributed by atoms with Gasteiger partial charge in [0.2, 0.25) is 0 Å². The molecule has 1 aliphatic carbocycles. The summed E-state index contributed by atoms with van der Waals surface area (Å²) in [6.45, 7) is 0. The third-order valence-corrected chi connectivity index (χ3v) is 4.98. The average molecular weight is 317 g/mol. The second kappa shape index (κ2) is 7.10. The summed E-state index contributed by atoms with van der Waals surface area (Å²) < 4.78 is 5.86. The summed E-state index contributed by atoms with van der Waals surface area (Å²) in [6.07, 6.45) is 6.38. The predicted molar refractivity (Wildman–Crippen MR) is 84.1 cm³/mol. The topological polar surface area (TPSA) is 47.3 Å². The Morgan fingerprint density at radius 3 is 2.60 bits per heavy atom. The van der Waals surface area contributed by atoms with Crippen molar-refractivity contribution in [2.24, 2.45) is 5.84 Å². The highest BCUT2D eigenvalue weighted by Gasteiger charge is 2.39. The quantitative estimate of drug-likeness (QED) is 0.643. The Hall–Kier alpha value is -0.320. The molecule has 1 saturated carbocycles. The molecule has 1 aromatic carbocycles. The average Bonchev–Trinajstić information content (AvgIpc) is 2.48. The summed E-state index contributed by atoms with van der Waals surface area (Å²) in [5.41, 5.74) is 3.73. The number of rotatable bonds is 5. The molecule has 3 nitrogen and oxygen atoms in total. The van der Waals surface area contributed by atoms with E-state index in [4.69, 9.17) is 33.8 Å². The van der Waals surface area contributed by atoms with E-state index < -0.39 is 0 Å². The standard InChI is InChI=1S/C15H22Cl2N2O/c1-20-15(7-3-2-4-8-15)14(19-18)10-11-9-12(16)5-6-13(11)17/h5-6,9,14,19H,2-4,7-8,10,18H2,1H3. The van der Waals surface area contributed by atoms with Crippen LogP contribution in [0.4, 0.5) is 0 Å². The molecule has 112 valence electrons. The molecule has 0 bridgehead atoms. The monoisotopic (exact) mass is 316 g/mol. The summed E-state index contributed by atoms with van der Waals surface area (Å²) in [5.74, 6) is 5.79. The van der Waals surface area contributed by atoms with Crippen LogP contribution < -0.4 is 11.3 Å². The van der Waals surface area contributed by atoms with Gasteiger partial charge in [-0.2, -0.15) is 0 Å². The van der Waals surface area contributed by atoms with Gasteiger partial charge in [-0.3, -0.25) is 11.3 Å². The van der Waals surface area contributed by atoms with E-state index in [0.29, 0.717) is 11.4 Å². The van der Waals surface area contributed by atoms with E-state index in [1.54, 1.807) is 13.2 Å². The Balaban J connectivity index is 2.21. The molecule has 1 aromatic rings. The molecule has 1 atom stereocenters. The smallest absolute Gasteiger partial charge is 0.0847 e. The maximum absolute atomic E-state index is 6.26. The van der Waals surface area contributed by atoms with Gasteiger partial charge in [-0.25, -0.2) is 0 Å². The second-order valence-corrected chi connectivity index (χ2v) is 6.33. The Kier molecular flexibility index (Phi) is 5.70. The van der Waals surface area contributed by atoms with E-state index in [-0.39, 0.29) is 11.6 Å². The van der Waals surface area contributed by atoms with E-state index in [0.717, 1.165) is 23.4 Å². The number of ether oxygens (including phenoxy) is 1. The zero-order valence-corrected chi connectivity index (χ0v) is 13.3. The molecular weight excluding hydrogens is 295 g/mol. The summed E-state index contributed by atoms with van der Waals surface area (Å²) in [4.78, 5) is 0. The normalized spacial score (nSPS) is 19.8. The van der Waals surface area contributed by atoms with Crippen molar-refractivity contribution in [2.45, 2.75) is 50.2 Å². The first kappa shape index (κ1) is 16.1. The van der Waals surface area contributed by atoms with Crippen LogP contribution in [0.3, 0.4) is 0 Å². The zero-order valence-electron chi connectivity index (χ0n) is 11.8. The minimum absolute atomic E-state index is 0.0313.